The predicted octanol–water partition coefficient (Wildman–Crippen LogP) is 4.97. The number of nitrogens with zero attached hydrogens (tertiary/aromatic N) is 3. The maximum atomic E-state index is 13.5. The summed E-state index contributed by atoms with van der Waals surface area (Å²) in [6.45, 7) is 1.74. The Bertz CT molecular complexity index is 1210. The number of carboxylic acid groups (broad SMARTS) is 1. The number of benzene rings is 1. The molecule has 0 aliphatic carbocycles. The Kier molecular flexibility index (Phi) is 7.76. The fraction of sp³-hybridized carbons (Fsp3) is 0.400. The van der Waals surface area contributed by atoms with Crippen molar-refractivity contribution in [3.05, 3.63) is 63.4 Å². The molecule has 0 bridgehead atoms. The second-order valence-corrected chi connectivity index (χ2v) is 9.49. The molecule has 180 valence electrons. The lowest BCUT2D eigenvalue weighted by atomic mass is 10.1. The van der Waals surface area contributed by atoms with Gasteiger partial charge in [0, 0.05) is 49.0 Å². The van der Waals surface area contributed by atoms with Crippen molar-refractivity contribution in [3.8, 4) is 0 Å². The van der Waals surface area contributed by atoms with Crippen molar-refractivity contribution in [3.63, 3.8) is 0 Å². The van der Waals surface area contributed by atoms with Gasteiger partial charge in [-0.05, 0) is 49.4 Å². The van der Waals surface area contributed by atoms with Gasteiger partial charge in [0.05, 0.1) is 23.1 Å². The predicted molar refractivity (Wildman–Crippen MR) is 131 cm³/mol. The van der Waals surface area contributed by atoms with E-state index < -0.39 is 11.9 Å². The fourth-order valence-corrected chi connectivity index (χ4v) is 4.85. The Morgan fingerprint density at radius 1 is 1.21 bits per heavy atom. The molecule has 1 N–H and O–H groups in total. The number of likely N-dealkylation sites (tertiary alicyclic amines) is 1. The molecule has 0 unspecified atom stereocenters. The van der Waals surface area contributed by atoms with E-state index in [9.17, 15) is 14.7 Å². The number of aliphatic carboxylic acids is 1. The van der Waals surface area contributed by atoms with Crippen LogP contribution in [0.4, 0.5) is 0 Å². The molecule has 9 heteroatoms. The van der Waals surface area contributed by atoms with Crippen LogP contribution in [0.25, 0.3) is 11.0 Å². The maximum Gasteiger partial charge on any atom is 0.308 e. The van der Waals surface area contributed by atoms with E-state index in [1.54, 1.807) is 17.2 Å². The first-order chi connectivity index (χ1) is 16.3. The quantitative estimate of drug-likeness (QED) is 0.416. The summed E-state index contributed by atoms with van der Waals surface area (Å²) in [6.07, 6.45) is 4.36. The van der Waals surface area contributed by atoms with Crippen LogP contribution in [0, 0.1) is 5.92 Å². The first-order valence-electron chi connectivity index (χ1n) is 11.3. The first kappa shape index (κ1) is 24.5. The highest BCUT2D eigenvalue weighted by Gasteiger charge is 2.34. The van der Waals surface area contributed by atoms with Gasteiger partial charge in [-0.3, -0.25) is 9.59 Å². The van der Waals surface area contributed by atoms with E-state index in [0.29, 0.717) is 59.2 Å². The minimum atomic E-state index is -0.865. The number of aryl methyl sites for hydroxylation is 1. The summed E-state index contributed by atoms with van der Waals surface area (Å²) < 4.78 is 7.73. The van der Waals surface area contributed by atoms with Crippen molar-refractivity contribution in [2.75, 3.05) is 19.7 Å². The van der Waals surface area contributed by atoms with Crippen LogP contribution < -0.4 is 0 Å². The third kappa shape index (κ3) is 5.37. The van der Waals surface area contributed by atoms with Gasteiger partial charge in [0.2, 0.25) is 0 Å². The van der Waals surface area contributed by atoms with Gasteiger partial charge in [-0.1, -0.05) is 35.3 Å². The van der Waals surface area contributed by atoms with Crippen LogP contribution in [0.15, 0.2) is 36.5 Å². The molecule has 7 nitrogen and oxygen atoms in total. The lowest BCUT2D eigenvalue weighted by Gasteiger charge is -2.17. The fourth-order valence-electron chi connectivity index (χ4n) is 4.48. The van der Waals surface area contributed by atoms with E-state index in [-0.39, 0.29) is 12.5 Å². The van der Waals surface area contributed by atoms with Crippen LogP contribution in [0.1, 0.15) is 40.9 Å². The zero-order chi connectivity index (χ0) is 24.2. The molecule has 1 saturated heterocycles. The molecule has 0 saturated carbocycles. The number of carbonyl (C=O) groups is 2. The van der Waals surface area contributed by atoms with Gasteiger partial charge in [0.25, 0.3) is 5.91 Å². The minimum Gasteiger partial charge on any atom is -0.481 e. The second-order valence-electron chi connectivity index (χ2n) is 8.62. The molecule has 0 spiro atoms. The standard InChI is InChI=1S/C25H27Cl2N3O4/c1-29-21(7-2-3-10-34-15-16-5-4-6-18(26)11-16)22(20-12-19(27)13-28-23(20)29)24(31)30-9-8-17(14-30)25(32)33/h4-6,11-13,17H,2-3,7-10,14-15H2,1H3,(H,32,33)/t17-/m0/s1. The lowest BCUT2D eigenvalue weighted by molar-refractivity contribution is -0.141. The van der Waals surface area contributed by atoms with Gasteiger partial charge in [0.15, 0.2) is 0 Å². The molecule has 3 aromatic rings. The van der Waals surface area contributed by atoms with E-state index in [4.69, 9.17) is 27.9 Å². The number of ether oxygens (including phenoxy) is 1. The van der Waals surface area contributed by atoms with E-state index in [2.05, 4.69) is 4.98 Å². The number of aromatic nitrogens is 2. The number of rotatable bonds is 9. The number of fused-ring (bicyclic) bond motifs is 1. The summed E-state index contributed by atoms with van der Waals surface area (Å²) in [5.41, 5.74) is 3.16. The maximum absolute atomic E-state index is 13.5. The van der Waals surface area contributed by atoms with Crippen molar-refractivity contribution in [1.29, 1.82) is 0 Å². The minimum absolute atomic E-state index is 0.161. The number of amides is 1. The molecule has 1 aromatic carbocycles. The molecule has 2 aromatic heterocycles. The largest absolute Gasteiger partial charge is 0.481 e. The zero-order valence-electron chi connectivity index (χ0n) is 19.0. The number of halogens is 2. The summed E-state index contributed by atoms with van der Waals surface area (Å²) in [4.78, 5) is 31.0. The van der Waals surface area contributed by atoms with Gasteiger partial charge in [0.1, 0.15) is 5.65 Å². The van der Waals surface area contributed by atoms with Gasteiger partial charge >= 0.3 is 5.97 Å². The van der Waals surface area contributed by atoms with Crippen LogP contribution in [-0.2, 0) is 29.6 Å². The summed E-state index contributed by atoms with van der Waals surface area (Å²) in [7, 11) is 1.90. The monoisotopic (exact) mass is 503 g/mol. The Morgan fingerprint density at radius 3 is 2.76 bits per heavy atom. The highest BCUT2D eigenvalue weighted by Crippen LogP contribution is 2.30. The second kappa shape index (κ2) is 10.8. The van der Waals surface area contributed by atoms with Crippen molar-refractivity contribution < 1.29 is 19.4 Å². The zero-order valence-corrected chi connectivity index (χ0v) is 20.5. The highest BCUT2D eigenvalue weighted by molar-refractivity contribution is 6.31. The molecular weight excluding hydrogens is 477 g/mol. The number of carbonyl (C=O) groups excluding carboxylic acids is 1. The molecule has 1 aliphatic rings. The number of pyridine rings is 1. The SMILES string of the molecule is Cn1c(CCCCOCc2cccc(Cl)c2)c(C(=O)N2CC[C@H](C(=O)O)C2)c2cc(Cl)cnc21. The number of unbranched alkanes of at least 4 members (excludes halogenated alkanes) is 1. The van der Waals surface area contributed by atoms with Crippen LogP contribution in [0.2, 0.25) is 10.0 Å². The topological polar surface area (TPSA) is 84.7 Å². The summed E-state index contributed by atoms with van der Waals surface area (Å²) in [6, 6.07) is 9.36. The van der Waals surface area contributed by atoms with Crippen molar-refractivity contribution in [1.82, 2.24) is 14.5 Å². The molecule has 1 amide bonds. The van der Waals surface area contributed by atoms with Crippen molar-refractivity contribution >= 4 is 46.1 Å². The normalized spacial score (nSPS) is 15.9. The van der Waals surface area contributed by atoms with Crippen molar-refractivity contribution in [2.24, 2.45) is 13.0 Å². The van der Waals surface area contributed by atoms with Gasteiger partial charge in [-0.2, -0.15) is 0 Å². The van der Waals surface area contributed by atoms with E-state index >= 15 is 0 Å². The third-order valence-corrected chi connectivity index (χ3v) is 6.70. The average Bonchev–Trinajstić information content (AvgIpc) is 3.40. The van der Waals surface area contributed by atoms with Gasteiger partial charge < -0.3 is 19.3 Å². The summed E-state index contributed by atoms with van der Waals surface area (Å²) in [5, 5.41) is 11.2. The van der Waals surface area contributed by atoms with Crippen LogP contribution in [0.5, 0.6) is 0 Å². The molecule has 4 rings (SSSR count). The molecular formula is C25H27Cl2N3O4. The third-order valence-electron chi connectivity index (χ3n) is 6.26. The average molecular weight is 504 g/mol. The van der Waals surface area contributed by atoms with E-state index in [0.717, 1.165) is 24.1 Å². The molecule has 3 heterocycles. The van der Waals surface area contributed by atoms with Crippen LogP contribution in [0.3, 0.4) is 0 Å². The number of hydrogen-bond donors (Lipinski definition) is 1. The Balaban J connectivity index is 1.45. The smallest absolute Gasteiger partial charge is 0.308 e. The van der Waals surface area contributed by atoms with E-state index in [1.165, 1.54) is 0 Å². The molecule has 34 heavy (non-hydrogen) atoms. The lowest BCUT2D eigenvalue weighted by Crippen LogP contribution is -2.30. The Hall–Kier alpha value is -2.61. The van der Waals surface area contributed by atoms with E-state index in [1.807, 2.05) is 35.9 Å². The molecule has 0 radical (unpaired) electrons. The first-order valence-corrected chi connectivity index (χ1v) is 12.1. The highest BCUT2D eigenvalue weighted by atomic mass is 35.5. The Morgan fingerprint density at radius 2 is 2.03 bits per heavy atom. The molecule has 1 fully saturated rings. The Labute approximate surface area is 208 Å². The van der Waals surface area contributed by atoms with Crippen LogP contribution >= 0.6 is 23.2 Å². The summed E-state index contributed by atoms with van der Waals surface area (Å²) >= 11 is 12.2. The van der Waals surface area contributed by atoms with Crippen LogP contribution in [-0.4, -0.2) is 51.1 Å². The summed E-state index contributed by atoms with van der Waals surface area (Å²) in [5.74, 6) is -1.55. The molecule has 1 atom stereocenters. The van der Waals surface area contributed by atoms with Crippen molar-refractivity contribution in [2.45, 2.75) is 32.3 Å². The number of hydrogen-bond acceptors (Lipinski definition) is 4. The van der Waals surface area contributed by atoms with Gasteiger partial charge in [-0.15, -0.1) is 0 Å². The number of carboxylic acids is 1. The molecule has 1 aliphatic heterocycles. The van der Waals surface area contributed by atoms with Gasteiger partial charge in [-0.25, -0.2) is 4.98 Å².